The summed E-state index contributed by atoms with van der Waals surface area (Å²) in [4.78, 5) is 14.2. The average Bonchev–Trinajstić information content (AvgIpc) is 2.39. The number of hydrogen-bond donors (Lipinski definition) is 2. The molecule has 0 fully saturated rings. The Morgan fingerprint density at radius 2 is 2.15 bits per heavy atom. The van der Waals surface area contributed by atoms with Crippen molar-refractivity contribution in [1.82, 2.24) is 4.90 Å². The highest BCUT2D eigenvalue weighted by atomic mass is 16.1. The topological polar surface area (TPSA) is 58.4 Å². The standard InChI is InChI=1S/C16H27N3O/c1-5-12(2)11-19(4)9-8-16(20)18-15-7-6-14(17)10-13(15)3/h6-7,10,12H,5,8-9,11,17H2,1-4H3,(H,18,20). The van der Waals surface area contributed by atoms with E-state index in [1.807, 2.05) is 19.1 Å². The first-order valence-corrected chi connectivity index (χ1v) is 7.27. The van der Waals surface area contributed by atoms with Gasteiger partial charge in [-0.1, -0.05) is 20.3 Å². The Morgan fingerprint density at radius 3 is 2.75 bits per heavy atom. The highest BCUT2D eigenvalue weighted by Gasteiger charge is 2.08. The van der Waals surface area contributed by atoms with Gasteiger partial charge < -0.3 is 16.0 Å². The van der Waals surface area contributed by atoms with Crippen molar-refractivity contribution >= 4 is 17.3 Å². The molecule has 112 valence electrons. The van der Waals surface area contributed by atoms with Crippen molar-refractivity contribution in [1.29, 1.82) is 0 Å². The van der Waals surface area contributed by atoms with Crippen LogP contribution in [0.4, 0.5) is 11.4 Å². The maximum Gasteiger partial charge on any atom is 0.225 e. The van der Waals surface area contributed by atoms with Crippen LogP contribution in [-0.2, 0) is 4.79 Å². The number of anilines is 2. The Labute approximate surface area is 122 Å². The van der Waals surface area contributed by atoms with E-state index in [1.165, 1.54) is 6.42 Å². The number of nitrogen functional groups attached to an aromatic ring is 1. The van der Waals surface area contributed by atoms with Crippen LogP contribution in [0.3, 0.4) is 0 Å². The monoisotopic (exact) mass is 277 g/mol. The third-order valence-corrected chi connectivity index (χ3v) is 3.57. The van der Waals surface area contributed by atoms with E-state index in [2.05, 4.69) is 31.1 Å². The van der Waals surface area contributed by atoms with E-state index < -0.39 is 0 Å². The second-order valence-electron chi connectivity index (χ2n) is 5.65. The largest absolute Gasteiger partial charge is 0.399 e. The molecule has 0 radical (unpaired) electrons. The van der Waals surface area contributed by atoms with E-state index in [0.29, 0.717) is 18.0 Å². The van der Waals surface area contributed by atoms with Crippen molar-refractivity contribution in [3.63, 3.8) is 0 Å². The molecule has 0 aliphatic rings. The van der Waals surface area contributed by atoms with Crippen LogP contribution in [0, 0.1) is 12.8 Å². The summed E-state index contributed by atoms with van der Waals surface area (Å²) < 4.78 is 0. The fourth-order valence-electron chi connectivity index (χ4n) is 2.08. The molecule has 20 heavy (non-hydrogen) atoms. The van der Waals surface area contributed by atoms with E-state index >= 15 is 0 Å². The quantitative estimate of drug-likeness (QED) is 0.753. The van der Waals surface area contributed by atoms with Gasteiger partial charge in [-0.05, 0) is 43.7 Å². The summed E-state index contributed by atoms with van der Waals surface area (Å²) in [6, 6.07) is 5.52. The Morgan fingerprint density at radius 1 is 1.45 bits per heavy atom. The van der Waals surface area contributed by atoms with Crippen molar-refractivity contribution in [3.05, 3.63) is 23.8 Å². The van der Waals surface area contributed by atoms with E-state index in [0.717, 1.165) is 24.3 Å². The van der Waals surface area contributed by atoms with Gasteiger partial charge >= 0.3 is 0 Å². The number of rotatable bonds is 7. The molecular formula is C16H27N3O. The number of hydrogen-bond acceptors (Lipinski definition) is 3. The lowest BCUT2D eigenvalue weighted by Crippen LogP contribution is -2.28. The maximum atomic E-state index is 11.9. The van der Waals surface area contributed by atoms with E-state index in [4.69, 9.17) is 5.73 Å². The van der Waals surface area contributed by atoms with E-state index in [1.54, 1.807) is 6.07 Å². The number of nitrogens with zero attached hydrogens (tertiary/aromatic N) is 1. The van der Waals surface area contributed by atoms with Crippen LogP contribution < -0.4 is 11.1 Å². The van der Waals surface area contributed by atoms with Gasteiger partial charge in [-0.25, -0.2) is 0 Å². The van der Waals surface area contributed by atoms with Crippen LogP contribution in [0.25, 0.3) is 0 Å². The number of nitrogens with two attached hydrogens (primary N) is 1. The zero-order chi connectivity index (χ0) is 15.1. The summed E-state index contributed by atoms with van der Waals surface area (Å²) in [6.45, 7) is 8.18. The van der Waals surface area contributed by atoms with Crippen molar-refractivity contribution in [2.45, 2.75) is 33.6 Å². The van der Waals surface area contributed by atoms with Gasteiger partial charge in [0.05, 0.1) is 0 Å². The van der Waals surface area contributed by atoms with Gasteiger partial charge in [-0.3, -0.25) is 4.79 Å². The molecule has 4 nitrogen and oxygen atoms in total. The van der Waals surface area contributed by atoms with Gasteiger partial charge in [0.1, 0.15) is 0 Å². The predicted molar refractivity (Wildman–Crippen MR) is 85.8 cm³/mol. The molecule has 0 heterocycles. The Bertz CT molecular complexity index is 445. The summed E-state index contributed by atoms with van der Waals surface area (Å²) in [7, 11) is 2.06. The molecule has 1 unspecified atom stereocenters. The molecule has 0 aromatic heterocycles. The molecule has 1 rings (SSSR count). The summed E-state index contributed by atoms with van der Waals surface area (Å²) >= 11 is 0. The fourth-order valence-corrected chi connectivity index (χ4v) is 2.08. The van der Waals surface area contributed by atoms with Gasteiger partial charge in [0, 0.05) is 30.9 Å². The van der Waals surface area contributed by atoms with Gasteiger partial charge in [-0.2, -0.15) is 0 Å². The zero-order valence-corrected chi connectivity index (χ0v) is 13.1. The molecule has 3 N–H and O–H groups in total. The number of nitrogens with one attached hydrogen (secondary N) is 1. The third kappa shape index (κ3) is 5.61. The fraction of sp³-hybridized carbons (Fsp3) is 0.562. The predicted octanol–water partition coefficient (Wildman–Crippen LogP) is 2.88. The Hall–Kier alpha value is -1.55. The molecular weight excluding hydrogens is 250 g/mol. The van der Waals surface area contributed by atoms with Crippen LogP contribution in [0.2, 0.25) is 0 Å². The number of amides is 1. The van der Waals surface area contributed by atoms with E-state index in [9.17, 15) is 4.79 Å². The Balaban J connectivity index is 2.40. The second-order valence-corrected chi connectivity index (χ2v) is 5.65. The SMILES string of the molecule is CCC(C)CN(C)CCC(=O)Nc1ccc(N)cc1C. The molecule has 0 saturated carbocycles. The summed E-state index contributed by atoms with van der Waals surface area (Å²) in [5.41, 5.74) is 8.25. The highest BCUT2D eigenvalue weighted by molar-refractivity contribution is 5.91. The number of aryl methyl sites for hydroxylation is 1. The molecule has 0 bridgehead atoms. The molecule has 1 atom stereocenters. The lowest BCUT2D eigenvalue weighted by molar-refractivity contribution is -0.116. The molecule has 0 aliphatic heterocycles. The Kier molecular flexibility index (Phi) is 6.52. The van der Waals surface area contributed by atoms with Crippen LogP contribution in [0.15, 0.2) is 18.2 Å². The van der Waals surface area contributed by atoms with Gasteiger partial charge in [0.25, 0.3) is 0 Å². The highest BCUT2D eigenvalue weighted by Crippen LogP contribution is 2.17. The van der Waals surface area contributed by atoms with Crippen molar-refractivity contribution in [3.8, 4) is 0 Å². The van der Waals surface area contributed by atoms with Crippen molar-refractivity contribution in [2.24, 2.45) is 5.92 Å². The molecule has 1 aromatic rings. The van der Waals surface area contributed by atoms with Crippen molar-refractivity contribution in [2.75, 3.05) is 31.2 Å². The number of carbonyl (C=O) groups excluding carboxylic acids is 1. The second kappa shape index (κ2) is 7.90. The molecule has 0 spiro atoms. The normalized spacial score (nSPS) is 12.4. The smallest absolute Gasteiger partial charge is 0.225 e. The molecule has 1 aromatic carbocycles. The third-order valence-electron chi connectivity index (χ3n) is 3.57. The molecule has 0 saturated heterocycles. The number of carbonyl (C=O) groups is 1. The maximum absolute atomic E-state index is 11.9. The van der Waals surface area contributed by atoms with Gasteiger partial charge in [0.15, 0.2) is 0 Å². The lowest BCUT2D eigenvalue weighted by atomic mass is 10.1. The zero-order valence-electron chi connectivity index (χ0n) is 13.1. The van der Waals surface area contributed by atoms with E-state index in [-0.39, 0.29) is 5.91 Å². The summed E-state index contributed by atoms with van der Waals surface area (Å²) in [5.74, 6) is 0.719. The first kappa shape index (κ1) is 16.5. The first-order chi connectivity index (χ1) is 9.42. The molecule has 4 heteroatoms. The van der Waals surface area contributed by atoms with Crippen LogP contribution in [0.1, 0.15) is 32.3 Å². The number of benzene rings is 1. The first-order valence-electron chi connectivity index (χ1n) is 7.27. The van der Waals surface area contributed by atoms with Gasteiger partial charge in [-0.15, -0.1) is 0 Å². The van der Waals surface area contributed by atoms with Crippen molar-refractivity contribution < 1.29 is 4.79 Å². The minimum atomic E-state index is 0.0499. The van der Waals surface area contributed by atoms with Crippen LogP contribution in [-0.4, -0.2) is 30.9 Å². The summed E-state index contributed by atoms with van der Waals surface area (Å²) in [6.07, 6.45) is 1.68. The molecule has 1 amide bonds. The summed E-state index contributed by atoms with van der Waals surface area (Å²) in [5, 5.41) is 2.94. The minimum Gasteiger partial charge on any atom is -0.399 e. The molecule has 0 aliphatic carbocycles. The van der Waals surface area contributed by atoms with Gasteiger partial charge in [0.2, 0.25) is 5.91 Å². The minimum absolute atomic E-state index is 0.0499. The average molecular weight is 277 g/mol. The lowest BCUT2D eigenvalue weighted by Gasteiger charge is -2.20. The van der Waals surface area contributed by atoms with Crippen LogP contribution >= 0.6 is 0 Å². The van der Waals surface area contributed by atoms with Crippen LogP contribution in [0.5, 0.6) is 0 Å².